The van der Waals surface area contributed by atoms with Gasteiger partial charge in [-0.2, -0.15) is 0 Å². The normalized spacial score (nSPS) is 11.7. The van der Waals surface area contributed by atoms with Crippen LogP contribution in [0.25, 0.3) is 36.5 Å². The van der Waals surface area contributed by atoms with E-state index in [0.717, 1.165) is 37.6 Å². The molecule has 300 valence electrons. The Kier molecular flexibility index (Phi) is 23.0. The molecule has 4 rings (SSSR count). The summed E-state index contributed by atoms with van der Waals surface area (Å²) in [4.78, 5) is 0. The van der Waals surface area contributed by atoms with Gasteiger partial charge in [-0.25, -0.2) is 0 Å². The number of benzene rings is 4. The molecule has 0 aliphatic rings. The highest BCUT2D eigenvalue weighted by molar-refractivity contribution is 5.74. The van der Waals surface area contributed by atoms with Crippen LogP contribution in [0.4, 0.5) is 0 Å². The molecule has 4 aromatic rings. The summed E-state index contributed by atoms with van der Waals surface area (Å²) in [6.07, 6.45) is 39.9. The van der Waals surface area contributed by atoms with E-state index in [1.165, 1.54) is 149 Å². The second kappa shape index (κ2) is 29.0. The average molecular weight is 753 g/mol. The van der Waals surface area contributed by atoms with E-state index in [9.17, 15) is 0 Å². The fourth-order valence-electron chi connectivity index (χ4n) is 6.92. The van der Waals surface area contributed by atoms with Crippen LogP contribution in [0.1, 0.15) is 176 Å². The standard InChI is InChI=1S/C54H72O2/c1-3-5-7-9-11-13-15-17-19-21-45-55-53-41-37-51(38-42-53)35-33-49-29-25-47(26-30-49)23-24-48-27-31-50(32-28-48)34-36-52-39-43-54(44-40-52)56-46-22-20-18-16-14-12-10-8-6-4-2/h23-44H,3-22,45-46H2,1-2H3/b24-23+,35-33+,36-34+. The molecule has 0 aliphatic heterocycles. The van der Waals surface area contributed by atoms with Crippen LogP contribution in [-0.2, 0) is 0 Å². The fraction of sp³-hybridized carbons (Fsp3) is 0.444. The lowest BCUT2D eigenvalue weighted by Gasteiger charge is -2.06. The van der Waals surface area contributed by atoms with E-state index >= 15 is 0 Å². The number of unbranched alkanes of at least 4 members (excludes halogenated alkanes) is 18. The molecule has 2 nitrogen and oxygen atoms in total. The summed E-state index contributed by atoms with van der Waals surface area (Å²) >= 11 is 0. The molecule has 0 saturated carbocycles. The summed E-state index contributed by atoms with van der Waals surface area (Å²) in [6.45, 7) is 6.18. The predicted octanol–water partition coefficient (Wildman–Crippen LogP) is 16.8. The average Bonchev–Trinajstić information content (AvgIpc) is 3.24. The molecule has 0 heterocycles. The van der Waals surface area contributed by atoms with Crippen LogP contribution in [0, 0.1) is 0 Å². The monoisotopic (exact) mass is 753 g/mol. The van der Waals surface area contributed by atoms with E-state index in [0.29, 0.717) is 0 Å². The first kappa shape index (κ1) is 44.4. The quantitative estimate of drug-likeness (QED) is 0.0390. The minimum atomic E-state index is 0.806. The first-order chi connectivity index (χ1) is 27.7. The maximum absolute atomic E-state index is 5.99. The minimum absolute atomic E-state index is 0.806. The summed E-state index contributed by atoms with van der Waals surface area (Å²) in [5, 5.41) is 0. The third-order valence-electron chi connectivity index (χ3n) is 10.6. The van der Waals surface area contributed by atoms with Gasteiger partial charge < -0.3 is 9.47 Å². The molecule has 0 fully saturated rings. The Bertz CT molecular complexity index is 1500. The van der Waals surface area contributed by atoms with Gasteiger partial charge >= 0.3 is 0 Å². The van der Waals surface area contributed by atoms with Gasteiger partial charge in [-0.15, -0.1) is 0 Å². The first-order valence-electron chi connectivity index (χ1n) is 22.4. The summed E-state index contributed by atoms with van der Waals surface area (Å²) < 4.78 is 12.0. The van der Waals surface area contributed by atoms with Gasteiger partial charge in [0, 0.05) is 0 Å². The summed E-state index contributed by atoms with van der Waals surface area (Å²) in [5.74, 6) is 1.92. The van der Waals surface area contributed by atoms with Crippen molar-refractivity contribution in [1.82, 2.24) is 0 Å². The van der Waals surface area contributed by atoms with Gasteiger partial charge in [-0.05, 0) is 70.5 Å². The second-order valence-corrected chi connectivity index (χ2v) is 15.5. The Hall–Kier alpha value is -4.30. The lowest BCUT2D eigenvalue weighted by molar-refractivity contribution is 0.304. The Balaban J connectivity index is 1.08. The molecule has 0 radical (unpaired) electrons. The molecule has 2 heteroatoms. The van der Waals surface area contributed by atoms with Crippen LogP contribution in [0.2, 0.25) is 0 Å². The topological polar surface area (TPSA) is 18.5 Å². The van der Waals surface area contributed by atoms with Gasteiger partial charge in [-0.1, -0.05) is 239 Å². The van der Waals surface area contributed by atoms with Crippen molar-refractivity contribution < 1.29 is 9.47 Å². The Morgan fingerprint density at radius 2 is 0.464 bits per heavy atom. The van der Waals surface area contributed by atoms with E-state index in [2.05, 4.69) is 147 Å². The van der Waals surface area contributed by atoms with Gasteiger partial charge in [0.05, 0.1) is 13.2 Å². The van der Waals surface area contributed by atoms with Crippen molar-refractivity contribution in [1.29, 1.82) is 0 Å². The molecule has 0 unspecified atom stereocenters. The van der Waals surface area contributed by atoms with Gasteiger partial charge in [0.15, 0.2) is 0 Å². The molecule has 0 aliphatic carbocycles. The summed E-state index contributed by atoms with van der Waals surface area (Å²) in [6, 6.07) is 34.3. The van der Waals surface area contributed by atoms with Crippen molar-refractivity contribution >= 4 is 36.5 Å². The largest absolute Gasteiger partial charge is 0.494 e. The SMILES string of the molecule is CCCCCCCCCCCCOc1ccc(/C=C/c2ccc(/C=C/c3ccc(/C=C/c4ccc(OCCCCCCCCCCCC)cc4)cc3)cc2)cc1. The van der Waals surface area contributed by atoms with Gasteiger partial charge in [-0.3, -0.25) is 0 Å². The molecule has 0 amide bonds. The highest BCUT2D eigenvalue weighted by Crippen LogP contribution is 2.19. The van der Waals surface area contributed by atoms with Crippen molar-refractivity contribution in [2.24, 2.45) is 0 Å². The third-order valence-corrected chi connectivity index (χ3v) is 10.6. The van der Waals surface area contributed by atoms with Crippen LogP contribution in [0.5, 0.6) is 11.5 Å². The molecule has 0 bridgehead atoms. The number of ether oxygens (including phenoxy) is 2. The molecule has 56 heavy (non-hydrogen) atoms. The Morgan fingerprint density at radius 1 is 0.268 bits per heavy atom. The maximum Gasteiger partial charge on any atom is 0.119 e. The van der Waals surface area contributed by atoms with E-state index < -0.39 is 0 Å². The van der Waals surface area contributed by atoms with Crippen LogP contribution in [0.15, 0.2) is 97.1 Å². The van der Waals surface area contributed by atoms with Crippen LogP contribution >= 0.6 is 0 Å². The van der Waals surface area contributed by atoms with Crippen LogP contribution in [0.3, 0.4) is 0 Å². The van der Waals surface area contributed by atoms with E-state index in [1.54, 1.807) is 0 Å². The summed E-state index contributed by atoms with van der Waals surface area (Å²) in [5.41, 5.74) is 7.10. The van der Waals surface area contributed by atoms with Crippen molar-refractivity contribution in [2.45, 2.75) is 142 Å². The molecule has 0 spiro atoms. The van der Waals surface area contributed by atoms with Crippen LogP contribution < -0.4 is 9.47 Å². The molecular formula is C54H72O2. The Labute approximate surface area is 342 Å². The fourth-order valence-corrected chi connectivity index (χ4v) is 6.92. The molecule has 0 aromatic heterocycles. The van der Waals surface area contributed by atoms with Crippen molar-refractivity contribution in [3.05, 3.63) is 130 Å². The predicted molar refractivity (Wildman–Crippen MR) is 247 cm³/mol. The second-order valence-electron chi connectivity index (χ2n) is 15.5. The lowest BCUT2D eigenvalue weighted by Crippen LogP contribution is -1.97. The van der Waals surface area contributed by atoms with Gasteiger partial charge in [0.25, 0.3) is 0 Å². The van der Waals surface area contributed by atoms with E-state index in [-0.39, 0.29) is 0 Å². The number of hydrogen-bond donors (Lipinski definition) is 0. The summed E-state index contributed by atoms with van der Waals surface area (Å²) in [7, 11) is 0. The number of hydrogen-bond acceptors (Lipinski definition) is 2. The smallest absolute Gasteiger partial charge is 0.119 e. The number of rotatable bonds is 30. The van der Waals surface area contributed by atoms with Gasteiger partial charge in [0.2, 0.25) is 0 Å². The highest BCUT2D eigenvalue weighted by Gasteiger charge is 1.99. The molecule has 4 aromatic carbocycles. The molecular weight excluding hydrogens is 681 g/mol. The minimum Gasteiger partial charge on any atom is -0.494 e. The Morgan fingerprint density at radius 3 is 0.696 bits per heavy atom. The van der Waals surface area contributed by atoms with E-state index in [1.807, 2.05) is 0 Å². The zero-order valence-corrected chi connectivity index (χ0v) is 35.1. The molecule has 0 saturated heterocycles. The highest BCUT2D eigenvalue weighted by atomic mass is 16.5. The first-order valence-corrected chi connectivity index (χ1v) is 22.4. The zero-order valence-electron chi connectivity index (χ0n) is 35.1. The van der Waals surface area contributed by atoms with Crippen molar-refractivity contribution in [3.63, 3.8) is 0 Å². The molecule has 0 atom stereocenters. The zero-order chi connectivity index (χ0) is 39.1. The molecule has 0 N–H and O–H groups in total. The van der Waals surface area contributed by atoms with Crippen molar-refractivity contribution in [2.75, 3.05) is 13.2 Å². The van der Waals surface area contributed by atoms with E-state index in [4.69, 9.17) is 9.47 Å². The van der Waals surface area contributed by atoms with Gasteiger partial charge in [0.1, 0.15) is 11.5 Å². The lowest BCUT2D eigenvalue weighted by atomic mass is 10.1. The third kappa shape index (κ3) is 20.0. The van der Waals surface area contributed by atoms with Crippen molar-refractivity contribution in [3.8, 4) is 11.5 Å². The van der Waals surface area contributed by atoms with Crippen LogP contribution in [-0.4, -0.2) is 13.2 Å². The maximum atomic E-state index is 5.99.